The summed E-state index contributed by atoms with van der Waals surface area (Å²) in [7, 11) is -3.81. The third-order valence-electron chi connectivity index (χ3n) is 4.95. The van der Waals surface area contributed by atoms with Gasteiger partial charge in [0.2, 0.25) is 0 Å². The Morgan fingerprint density at radius 3 is 2.59 bits per heavy atom. The van der Waals surface area contributed by atoms with Crippen LogP contribution in [0.2, 0.25) is 0 Å². The SMILES string of the molecule is Cc1ccccc1S(=O)(=O)n1cc(CCC(=O)O)c2cc(-c3ccsc3)ccc21. The number of carbonyl (C=O) groups is 1. The van der Waals surface area contributed by atoms with Crippen molar-refractivity contribution in [1.29, 1.82) is 0 Å². The summed E-state index contributed by atoms with van der Waals surface area (Å²) < 4.78 is 28.0. The maximum Gasteiger partial charge on any atom is 0.303 e. The number of aromatic nitrogens is 1. The molecular formula is C22H19NO4S2. The zero-order chi connectivity index (χ0) is 20.6. The fraction of sp³-hybridized carbons (Fsp3) is 0.136. The number of aliphatic carboxylic acids is 1. The Morgan fingerprint density at radius 2 is 1.90 bits per heavy atom. The molecule has 1 N–H and O–H groups in total. The second-order valence-electron chi connectivity index (χ2n) is 6.86. The van der Waals surface area contributed by atoms with Gasteiger partial charge in [0.05, 0.1) is 10.4 Å². The number of thiophene rings is 1. The van der Waals surface area contributed by atoms with Crippen LogP contribution in [-0.2, 0) is 21.2 Å². The Morgan fingerprint density at radius 1 is 1.10 bits per heavy atom. The molecule has 0 radical (unpaired) electrons. The van der Waals surface area contributed by atoms with E-state index < -0.39 is 16.0 Å². The van der Waals surface area contributed by atoms with Gasteiger partial charge in [-0.3, -0.25) is 4.79 Å². The lowest BCUT2D eigenvalue weighted by Gasteiger charge is -2.10. The largest absolute Gasteiger partial charge is 0.481 e. The molecule has 0 saturated carbocycles. The molecule has 0 fully saturated rings. The lowest BCUT2D eigenvalue weighted by atomic mass is 10.0. The number of hydrogen-bond donors (Lipinski definition) is 1. The normalized spacial score (nSPS) is 11.8. The van der Waals surface area contributed by atoms with Gasteiger partial charge in [-0.1, -0.05) is 24.3 Å². The lowest BCUT2D eigenvalue weighted by molar-refractivity contribution is -0.136. The molecule has 2 aromatic heterocycles. The minimum atomic E-state index is -3.81. The number of carboxylic acid groups (broad SMARTS) is 1. The van der Waals surface area contributed by atoms with Crippen LogP contribution in [0.1, 0.15) is 17.5 Å². The van der Waals surface area contributed by atoms with Crippen molar-refractivity contribution >= 4 is 38.2 Å². The first-order chi connectivity index (χ1) is 13.9. The van der Waals surface area contributed by atoms with E-state index in [4.69, 9.17) is 5.11 Å². The molecule has 4 rings (SSSR count). The Kier molecular flexibility index (Phi) is 5.02. The van der Waals surface area contributed by atoms with E-state index in [1.165, 1.54) is 3.97 Å². The average Bonchev–Trinajstić information content (AvgIpc) is 3.34. The van der Waals surface area contributed by atoms with Crippen LogP contribution in [0.3, 0.4) is 0 Å². The number of rotatable bonds is 6. The number of benzene rings is 2. The second kappa shape index (κ2) is 7.50. The van der Waals surface area contributed by atoms with Crippen molar-refractivity contribution in [2.24, 2.45) is 0 Å². The average molecular weight is 426 g/mol. The van der Waals surface area contributed by atoms with Gasteiger partial charge in [0.15, 0.2) is 0 Å². The van der Waals surface area contributed by atoms with Crippen LogP contribution in [0.5, 0.6) is 0 Å². The molecule has 0 aliphatic carbocycles. The first kappa shape index (κ1) is 19.4. The number of fused-ring (bicyclic) bond motifs is 1. The van der Waals surface area contributed by atoms with Gasteiger partial charge in [0, 0.05) is 18.0 Å². The smallest absolute Gasteiger partial charge is 0.303 e. The lowest BCUT2D eigenvalue weighted by Crippen LogP contribution is -2.13. The second-order valence-corrected chi connectivity index (χ2v) is 9.42. The van der Waals surface area contributed by atoms with Crippen LogP contribution in [0.4, 0.5) is 0 Å². The molecule has 0 aliphatic rings. The van der Waals surface area contributed by atoms with E-state index in [9.17, 15) is 13.2 Å². The summed E-state index contributed by atoms with van der Waals surface area (Å²) >= 11 is 1.59. The maximum absolute atomic E-state index is 13.4. The molecule has 0 saturated heterocycles. The highest BCUT2D eigenvalue weighted by Gasteiger charge is 2.23. The topological polar surface area (TPSA) is 76.4 Å². The molecule has 4 aromatic rings. The third kappa shape index (κ3) is 3.59. The molecular weight excluding hydrogens is 406 g/mol. The van der Waals surface area contributed by atoms with Gasteiger partial charge in [-0.15, -0.1) is 0 Å². The summed E-state index contributed by atoms with van der Waals surface area (Å²) in [6, 6.07) is 14.5. The van der Waals surface area contributed by atoms with Crippen LogP contribution >= 0.6 is 11.3 Å². The monoisotopic (exact) mass is 425 g/mol. The fourth-order valence-corrected chi connectivity index (χ4v) is 5.75. The summed E-state index contributed by atoms with van der Waals surface area (Å²) in [5.41, 5.74) is 3.94. The molecule has 2 heterocycles. The molecule has 5 nitrogen and oxygen atoms in total. The van der Waals surface area contributed by atoms with Crippen molar-refractivity contribution in [3.8, 4) is 11.1 Å². The molecule has 0 atom stereocenters. The molecule has 0 amide bonds. The van der Waals surface area contributed by atoms with Crippen molar-refractivity contribution in [3.05, 3.63) is 76.6 Å². The summed E-state index contributed by atoms with van der Waals surface area (Å²) in [6.45, 7) is 1.76. The van der Waals surface area contributed by atoms with E-state index in [0.717, 1.165) is 16.5 Å². The summed E-state index contributed by atoms with van der Waals surface area (Å²) in [5.74, 6) is -0.915. The fourth-order valence-electron chi connectivity index (χ4n) is 3.47. The molecule has 0 bridgehead atoms. The van der Waals surface area contributed by atoms with E-state index in [0.29, 0.717) is 16.6 Å². The van der Waals surface area contributed by atoms with Crippen molar-refractivity contribution < 1.29 is 18.3 Å². The Balaban J connectivity index is 1.93. The zero-order valence-corrected chi connectivity index (χ0v) is 17.3. The molecule has 0 spiro atoms. The van der Waals surface area contributed by atoms with Gasteiger partial charge in [-0.05, 0) is 70.6 Å². The van der Waals surface area contributed by atoms with E-state index in [1.807, 2.05) is 29.0 Å². The Bertz CT molecular complexity index is 1300. The highest BCUT2D eigenvalue weighted by Crippen LogP contribution is 2.32. The molecule has 148 valence electrons. The number of nitrogens with zero attached hydrogens (tertiary/aromatic N) is 1. The zero-order valence-electron chi connectivity index (χ0n) is 15.7. The number of hydrogen-bond acceptors (Lipinski definition) is 4. The van der Waals surface area contributed by atoms with Crippen LogP contribution in [0.15, 0.2) is 70.4 Å². The summed E-state index contributed by atoms with van der Waals surface area (Å²) in [4.78, 5) is 11.3. The highest BCUT2D eigenvalue weighted by molar-refractivity contribution is 7.90. The standard InChI is InChI=1S/C22H19NO4S2/c1-15-4-2-3-5-21(15)29(26,27)23-13-17(7-9-22(24)25)19-12-16(6-8-20(19)23)18-10-11-28-14-18/h2-6,8,10-14H,7,9H2,1H3,(H,24,25). The minimum Gasteiger partial charge on any atom is -0.481 e. The van der Waals surface area contributed by atoms with Crippen molar-refractivity contribution in [2.45, 2.75) is 24.7 Å². The van der Waals surface area contributed by atoms with Crippen molar-refractivity contribution in [2.75, 3.05) is 0 Å². The third-order valence-corrected chi connectivity index (χ3v) is 7.46. The van der Waals surface area contributed by atoms with Crippen LogP contribution < -0.4 is 0 Å². The first-order valence-electron chi connectivity index (χ1n) is 9.07. The first-order valence-corrected chi connectivity index (χ1v) is 11.5. The van der Waals surface area contributed by atoms with Gasteiger partial charge in [-0.2, -0.15) is 11.3 Å². The Hall–Kier alpha value is -2.90. The predicted molar refractivity (Wildman–Crippen MR) is 115 cm³/mol. The van der Waals surface area contributed by atoms with E-state index in [-0.39, 0.29) is 17.7 Å². The molecule has 0 aliphatic heterocycles. The van der Waals surface area contributed by atoms with Gasteiger partial charge in [0.25, 0.3) is 10.0 Å². The maximum atomic E-state index is 13.4. The molecule has 7 heteroatoms. The number of carboxylic acids is 1. The van der Waals surface area contributed by atoms with Gasteiger partial charge in [0.1, 0.15) is 0 Å². The van der Waals surface area contributed by atoms with Gasteiger partial charge >= 0.3 is 5.97 Å². The molecule has 0 unspecified atom stereocenters. The predicted octanol–water partition coefficient (Wildman–Crippen LogP) is 4.93. The molecule has 2 aromatic carbocycles. The van der Waals surface area contributed by atoms with Crippen molar-refractivity contribution in [3.63, 3.8) is 0 Å². The highest BCUT2D eigenvalue weighted by atomic mass is 32.2. The van der Waals surface area contributed by atoms with Crippen LogP contribution in [0.25, 0.3) is 22.0 Å². The van der Waals surface area contributed by atoms with Crippen molar-refractivity contribution in [1.82, 2.24) is 3.97 Å². The van der Waals surface area contributed by atoms with Crippen LogP contribution in [0, 0.1) is 6.92 Å². The minimum absolute atomic E-state index is 0.0633. The van der Waals surface area contributed by atoms with E-state index in [1.54, 1.807) is 54.8 Å². The Labute approximate surface area is 172 Å². The number of aryl methyl sites for hydroxylation is 2. The summed E-state index contributed by atoms with van der Waals surface area (Å²) in [5, 5.41) is 13.9. The van der Waals surface area contributed by atoms with Crippen LogP contribution in [-0.4, -0.2) is 23.5 Å². The van der Waals surface area contributed by atoms with Gasteiger partial charge < -0.3 is 5.11 Å². The molecule has 29 heavy (non-hydrogen) atoms. The van der Waals surface area contributed by atoms with E-state index >= 15 is 0 Å². The summed E-state index contributed by atoms with van der Waals surface area (Å²) in [6.07, 6.45) is 1.76. The quantitative estimate of drug-likeness (QED) is 0.475. The van der Waals surface area contributed by atoms with Gasteiger partial charge in [-0.25, -0.2) is 12.4 Å². The van der Waals surface area contributed by atoms with E-state index in [2.05, 4.69) is 0 Å².